The Balaban J connectivity index is 1.75. The fourth-order valence-electron chi connectivity index (χ4n) is 2.71. The smallest absolute Gasteiger partial charge is 0.282 e. The topological polar surface area (TPSA) is 58.9 Å². The van der Waals surface area contributed by atoms with E-state index in [4.69, 9.17) is 16.0 Å². The van der Waals surface area contributed by atoms with Crippen molar-refractivity contribution in [3.05, 3.63) is 89.1 Å². The summed E-state index contributed by atoms with van der Waals surface area (Å²) < 4.78 is 18.7. The van der Waals surface area contributed by atoms with E-state index >= 15 is 0 Å². The molecule has 2 aromatic carbocycles. The van der Waals surface area contributed by atoms with E-state index in [0.717, 1.165) is 11.3 Å². The number of quaternary nitrogens is 1. The maximum absolute atomic E-state index is 13.1. The van der Waals surface area contributed by atoms with E-state index in [1.165, 1.54) is 18.2 Å². The summed E-state index contributed by atoms with van der Waals surface area (Å²) in [5.74, 6) is 0.0798. The quantitative estimate of drug-likeness (QED) is 0.691. The second-order valence-corrected chi connectivity index (χ2v) is 6.41. The Morgan fingerprint density at radius 2 is 1.92 bits per heavy atom. The van der Waals surface area contributed by atoms with Crippen LogP contribution in [0.1, 0.15) is 24.3 Å². The van der Waals surface area contributed by atoms with Gasteiger partial charge in [-0.2, -0.15) is 0 Å². The third-order valence-corrected chi connectivity index (χ3v) is 4.40. The van der Waals surface area contributed by atoms with Gasteiger partial charge >= 0.3 is 0 Å². The Kier molecular flexibility index (Phi) is 5.71. The molecule has 0 fully saturated rings. The van der Waals surface area contributed by atoms with Crippen molar-refractivity contribution in [2.24, 2.45) is 0 Å². The minimum Gasteiger partial charge on any atom is -0.463 e. The van der Waals surface area contributed by atoms with Crippen LogP contribution in [0.2, 0.25) is 5.02 Å². The first-order chi connectivity index (χ1) is 12.5. The number of amides is 1. The molecule has 3 N–H and O–H groups in total. The fraction of sp³-hybridized carbons (Fsp3) is 0.150. The van der Waals surface area contributed by atoms with Crippen molar-refractivity contribution in [1.29, 1.82) is 0 Å². The number of hydrogen-bond acceptors (Lipinski definition) is 2. The van der Waals surface area contributed by atoms with Gasteiger partial charge in [0, 0.05) is 5.56 Å². The molecular formula is C20H19ClFN2O2+. The molecule has 2 atom stereocenters. The molecule has 3 aromatic rings. The van der Waals surface area contributed by atoms with Crippen LogP contribution in [0.5, 0.6) is 0 Å². The van der Waals surface area contributed by atoms with Gasteiger partial charge in [-0.3, -0.25) is 4.79 Å². The van der Waals surface area contributed by atoms with E-state index in [1.807, 2.05) is 47.8 Å². The summed E-state index contributed by atoms with van der Waals surface area (Å²) in [6.45, 7) is 1.80. The lowest BCUT2D eigenvalue weighted by Crippen LogP contribution is -2.92. The van der Waals surface area contributed by atoms with E-state index in [2.05, 4.69) is 5.32 Å². The Bertz CT molecular complexity index is 869. The zero-order valence-corrected chi connectivity index (χ0v) is 14.9. The summed E-state index contributed by atoms with van der Waals surface area (Å²) in [6.07, 6.45) is 1.61. The lowest BCUT2D eigenvalue weighted by molar-refractivity contribution is -0.706. The van der Waals surface area contributed by atoms with Crippen LogP contribution in [-0.2, 0) is 4.79 Å². The molecule has 0 aliphatic rings. The lowest BCUT2D eigenvalue weighted by Gasteiger charge is -2.19. The molecular weight excluding hydrogens is 355 g/mol. The van der Waals surface area contributed by atoms with Crippen molar-refractivity contribution in [2.75, 3.05) is 5.32 Å². The average Bonchev–Trinajstić information content (AvgIpc) is 3.17. The summed E-state index contributed by atoms with van der Waals surface area (Å²) in [6, 6.07) is 16.8. The van der Waals surface area contributed by atoms with Crippen LogP contribution >= 0.6 is 11.6 Å². The number of nitrogens with two attached hydrogens (primary N) is 1. The molecule has 134 valence electrons. The molecule has 0 radical (unpaired) electrons. The van der Waals surface area contributed by atoms with Crippen molar-refractivity contribution in [2.45, 2.75) is 19.0 Å². The van der Waals surface area contributed by atoms with Gasteiger partial charge in [-0.1, -0.05) is 41.9 Å². The number of hydrogen-bond donors (Lipinski definition) is 2. The van der Waals surface area contributed by atoms with E-state index in [-0.39, 0.29) is 17.0 Å². The first-order valence-electron chi connectivity index (χ1n) is 8.24. The average molecular weight is 374 g/mol. The van der Waals surface area contributed by atoms with Gasteiger partial charge in [0.1, 0.15) is 5.82 Å². The van der Waals surface area contributed by atoms with Gasteiger partial charge in [-0.25, -0.2) is 4.39 Å². The molecule has 0 saturated carbocycles. The van der Waals surface area contributed by atoms with Gasteiger partial charge in [0.15, 0.2) is 17.8 Å². The van der Waals surface area contributed by atoms with Gasteiger partial charge in [-0.05, 0) is 37.3 Å². The van der Waals surface area contributed by atoms with Crippen LogP contribution in [-0.4, -0.2) is 11.9 Å². The number of carbonyl (C=O) groups is 1. The zero-order valence-electron chi connectivity index (χ0n) is 14.2. The largest absolute Gasteiger partial charge is 0.463 e. The van der Waals surface area contributed by atoms with Gasteiger partial charge in [0.05, 0.1) is 17.0 Å². The van der Waals surface area contributed by atoms with Crippen LogP contribution in [0.4, 0.5) is 10.1 Å². The van der Waals surface area contributed by atoms with Crippen molar-refractivity contribution in [1.82, 2.24) is 0 Å². The van der Waals surface area contributed by atoms with Gasteiger partial charge in [0.25, 0.3) is 5.91 Å². The van der Waals surface area contributed by atoms with Crippen molar-refractivity contribution >= 4 is 23.2 Å². The predicted molar refractivity (Wildman–Crippen MR) is 98.4 cm³/mol. The van der Waals surface area contributed by atoms with E-state index < -0.39 is 11.9 Å². The lowest BCUT2D eigenvalue weighted by atomic mass is 10.0. The first kappa shape index (κ1) is 18.2. The second-order valence-electron chi connectivity index (χ2n) is 6.00. The SMILES string of the molecule is C[C@H]([NH2+][C@@H](c1ccccc1)c1ccco1)C(=O)Nc1ccc(F)cc1Cl. The molecule has 0 aliphatic heterocycles. The molecule has 1 aromatic heterocycles. The molecule has 0 spiro atoms. The van der Waals surface area contributed by atoms with Gasteiger partial charge < -0.3 is 15.1 Å². The van der Waals surface area contributed by atoms with Crippen molar-refractivity contribution in [3.63, 3.8) is 0 Å². The minimum atomic E-state index is -0.449. The molecule has 0 unspecified atom stereocenters. The molecule has 0 saturated heterocycles. The molecule has 0 bridgehead atoms. The molecule has 1 amide bonds. The zero-order chi connectivity index (χ0) is 18.5. The summed E-state index contributed by atoms with van der Waals surface area (Å²) in [7, 11) is 0. The van der Waals surface area contributed by atoms with Crippen LogP contribution in [0.3, 0.4) is 0 Å². The maximum atomic E-state index is 13.1. The molecule has 0 aliphatic carbocycles. The molecule has 1 heterocycles. The third-order valence-electron chi connectivity index (χ3n) is 4.09. The summed E-state index contributed by atoms with van der Waals surface area (Å²) in [4.78, 5) is 12.6. The highest BCUT2D eigenvalue weighted by Crippen LogP contribution is 2.23. The minimum absolute atomic E-state index is 0.157. The van der Waals surface area contributed by atoms with Crippen molar-refractivity contribution in [3.8, 4) is 0 Å². The number of furan rings is 1. The maximum Gasteiger partial charge on any atom is 0.282 e. The van der Waals surface area contributed by atoms with Gasteiger partial charge in [0.2, 0.25) is 0 Å². The van der Waals surface area contributed by atoms with Crippen LogP contribution in [0, 0.1) is 5.82 Å². The molecule has 4 nitrogen and oxygen atoms in total. The van der Waals surface area contributed by atoms with Crippen molar-refractivity contribution < 1.29 is 18.9 Å². The normalized spacial score (nSPS) is 13.2. The number of carbonyl (C=O) groups excluding carboxylic acids is 1. The summed E-state index contributed by atoms with van der Waals surface area (Å²) >= 11 is 5.98. The highest BCUT2D eigenvalue weighted by Gasteiger charge is 2.27. The highest BCUT2D eigenvalue weighted by atomic mass is 35.5. The summed E-state index contributed by atoms with van der Waals surface area (Å²) in [5, 5.41) is 4.82. The summed E-state index contributed by atoms with van der Waals surface area (Å²) in [5.41, 5.74) is 1.41. The van der Waals surface area contributed by atoms with E-state index in [0.29, 0.717) is 5.69 Å². The van der Waals surface area contributed by atoms with Crippen LogP contribution in [0.25, 0.3) is 0 Å². The Morgan fingerprint density at radius 3 is 2.58 bits per heavy atom. The number of halogens is 2. The predicted octanol–water partition coefficient (Wildman–Crippen LogP) is 3.75. The Hall–Kier alpha value is -2.63. The van der Waals surface area contributed by atoms with Crippen LogP contribution < -0.4 is 10.6 Å². The molecule has 6 heteroatoms. The monoisotopic (exact) mass is 373 g/mol. The molecule has 26 heavy (non-hydrogen) atoms. The Morgan fingerprint density at radius 1 is 1.15 bits per heavy atom. The van der Waals surface area contributed by atoms with E-state index in [9.17, 15) is 9.18 Å². The third kappa shape index (κ3) is 4.31. The standard InChI is InChI=1S/C20H18ClFN2O2/c1-13(20(25)24-17-10-9-15(22)12-16(17)21)23-19(18-8-5-11-26-18)14-6-3-2-4-7-14/h2-13,19,23H,1H3,(H,24,25)/p+1/t13-,19-/m0/s1. The van der Waals surface area contributed by atoms with E-state index in [1.54, 1.807) is 13.2 Å². The molecule has 3 rings (SSSR count). The first-order valence-corrected chi connectivity index (χ1v) is 8.61. The Labute approximate surface area is 156 Å². The van der Waals surface area contributed by atoms with Crippen LogP contribution in [0.15, 0.2) is 71.3 Å². The fourth-order valence-corrected chi connectivity index (χ4v) is 2.93. The highest BCUT2D eigenvalue weighted by molar-refractivity contribution is 6.33. The number of nitrogens with one attached hydrogen (secondary N) is 1. The van der Waals surface area contributed by atoms with Gasteiger partial charge in [-0.15, -0.1) is 0 Å². The number of benzene rings is 2. The second kappa shape index (κ2) is 8.17. The number of anilines is 1. The number of rotatable bonds is 6.